The fourth-order valence-corrected chi connectivity index (χ4v) is 1.69. The molecular weight excluding hydrogens is 267 g/mol. The predicted molar refractivity (Wildman–Crippen MR) is 73.4 cm³/mol. The molecule has 19 heavy (non-hydrogen) atoms. The number of nitrogens with two attached hydrogens (primary N) is 1. The van der Waals surface area contributed by atoms with Gasteiger partial charge in [-0.2, -0.15) is 0 Å². The van der Waals surface area contributed by atoms with Crippen LogP contribution in [0.25, 0.3) is 0 Å². The van der Waals surface area contributed by atoms with Crippen LogP contribution in [0.4, 0.5) is 10.1 Å². The number of halogens is 2. The maximum absolute atomic E-state index is 12.7. The molecule has 0 saturated heterocycles. The van der Waals surface area contributed by atoms with Gasteiger partial charge in [-0.05, 0) is 35.9 Å². The van der Waals surface area contributed by atoms with Crippen LogP contribution in [0.15, 0.2) is 42.5 Å². The molecule has 0 atom stereocenters. The zero-order valence-electron chi connectivity index (χ0n) is 9.99. The van der Waals surface area contributed by atoms with Gasteiger partial charge in [0, 0.05) is 12.1 Å². The quantitative estimate of drug-likeness (QED) is 0.848. The Balaban J connectivity index is 2.01. The molecule has 2 rings (SSSR count). The number of carbonyl (C=O) groups is 1. The van der Waals surface area contributed by atoms with Crippen LogP contribution in [0, 0.1) is 5.82 Å². The number of benzene rings is 2. The Morgan fingerprint density at radius 2 is 1.89 bits per heavy atom. The lowest BCUT2D eigenvalue weighted by Crippen LogP contribution is -2.22. The molecule has 5 heteroatoms. The lowest BCUT2D eigenvalue weighted by molar-refractivity contribution is 0.0951. The van der Waals surface area contributed by atoms with E-state index in [4.69, 9.17) is 17.3 Å². The molecule has 0 radical (unpaired) electrons. The van der Waals surface area contributed by atoms with E-state index in [9.17, 15) is 9.18 Å². The lowest BCUT2D eigenvalue weighted by Gasteiger charge is -2.06. The van der Waals surface area contributed by atoms with Crippen molar-refractivity contribution < 1.29 is 9.18 Å². The van der Waals surface area contributed by atoms with Crippen LogP contribution in [0.2, 0.25) is 5.02 Å². The summed E-state index contributed by atoms with van der Waals surface area (Å²) in [6, 6.07) is 10.6. The van der Waals surface area contributed by atoms with Crippen molar-refractivity contribution in [1.82, 2.24) is 5.32 Å². The van der Waals surface area contributed by atoms with E-state index in [1.807, 2.05) is 0 Å². The minimum Gasteiger partial charge on any atom is -0.398 e. The molecule has 2 aromatic rings. The molecule has 0 saturated carbocycles. The van der Waals surface area contributed by atoms with Crippen LogP contribution in [-0.2, 0) is 6.54 Å². The first-order valence-electron chi connectivity index (χ1n) is 5.64. The van der Waals surface area contributed by atoms with Gasteiger partial charge in [0.2, 0.25) is 0 Å². The molecule has 3 nitrogen and oxygen atoms in total. The zero-order chi connectivity index (χ0) is 13.8. The summed E-state index contributed by atoms with van der Waals surface area (Å²) < 4.78 is 12.7. The van der Waals surface area contributed by atoms with E-state index in [1.165, 1.54) is 18.2 Å². The Hall–Kier alpha value is -2.07. The third-order valence-corrected chi connectivity index (χ3v) is 2.97. The molecule has 2 aromatic carbocycles. The van der Waals surface area contributed by atoms with E-state index >= 15 is 0 Å². The fraction of sp³-hybridized carbons (Fsp3) is 0.0714. The summed E-state index contributed by atoms with van der Waals surface area (Å²) in [4.78, 5) is 11.9. The van der Waals surface area contributed by atoms with Crippen LogP contribution in [0.3, 0.4) is 0 Å². The molecular formula is C14H12ClFN2O. The van der Waals surface area contributed by atoms with Crippen molar-refractivity contribution in [2.24, 2.45) is 0 Å². The number of nitrogens with one attached hydrogen (secondary N) is 1. The first-order valence-corrected chi connectivity index (χ1v) is 6.02. The van der Waals surface area contributed by atoms with E-state index < -0.39 is 0 Å². The van der Waals surface area contributed by atoms with Gasteiger partial charge in [0.15, 0.2) is 0 Å². The van der Waals surface area contributed by atoms with E-state index in [0.29, 0.717) is 22.8 Å². The summed E-state index contributed by atoms with van der Waals surface area (Å²) in [5.41, 5.74) is 7.24. The number of carbonyl (C=O) groups excluding carboxylic acids is 1. The van der Waals surface area contributed by atoms with Crippen LogP contribution < -0.4 is 11.1 Å². The van der Waals surface area contributed by atoms with Crippen molar-refractivity contribution in [3.8, 4) is 0 Å². The predicted octanol–water partition coefficient (Wildman–Crippen LogP) is 2.99. The van der Waals surface area contributed by atoms with Crippen LogP contribution in [0.1, 0.15) is 15.9 Å². The molecule has 0 aliphatic rings. The first-order chi connectivity index (χ1) is 9.06. The topological polar surface area (TPSA) is 55.1 Å². The van der Waals surface area contributed by atoms with Crippen LogP contribution in [0.5, 0.6) is 0 Å². The molecule has 1 amide bonds. The minimum absolute atomic E-state index is 0.257. The molecule has 0 aliphatic heterocycles. The number of amides is 1. The number of nitrogen functional groups attached to an aromatic ring is 1. The van der Waals surface area contributed by atoms with Gasteiger partial charge in [-0.15, -0.1) is 0 Å². The molecule has 0 unspecified atom stereocenters. The summed E-state index contributed by atoms with van der Waals surface area (Å²) in [6.45, 7) is 0.321. The molecule has 0 spiro atoms. The Morgan fingerprint density at radius 1 is 1.21 bits per heavy atom. The van der Waals surface area contributed by atoms with Gasteiger partial charge in [-0.25, -0.2) is 4.39 Å². The normalized spacial score (nSPS) is 10.2. The summed E-state index contributed by atoms with van der Waals surface area (Å²) >= 11 is 5.78. The smallest absolute Gasteiger partial charge is 0.251 e. The number of hydrogen-bond acceptors (Lipinski definition) is 2. The Kier molecular flexibility index (Phi) is 4.02. The van der Waals surface area contributed by atoms with Crippen molar-refractivity contribution in [2.75, 3.05) is 5.73 Å². The highest BCUT2D eigenvalue weighted by Gasteiger charge is 2.07. The maximum atomic E-state index is 12.7. The Morgan fingerprint density at radius 3 is 2.53 bits per heavy atom. The largest absolute Gasteiger partial charge is 0.398 e. The van der Waals surface area contributed by atoms with Gasteiger partial charge in [0.25, 0.3) is 5.91 Å². The van der Waals surface area contributed by atoms with E-state index in [-0.39, 0.29) is 11.7 Å². The summed E-state index contributed by atoms with van der Waals surface area (Å²) in [7, 11) is 0. The average molecular weight is 279 g/mol. The van der Waals surface area contributed by atoms with E-state index in [1.54, 1.807) is 24.3 Å². The van der Waals surface area contributed by atoms with Gasteiger partial charge >= 0.3 is 0 Å². The van der Waals surface area contributed by atoms with E-state index in [0.717, 1.165) is 5.56 Å². The summed E-state index contributed by atoms with van der Waals surface area (Å²) in [6.07, 6.45) is 0. The van der Waals surface area contributed by atoms with Gasteiger partial charge < -0.3 is 11.1 Å². The molecule has 0 heterocycles. The second-order valence-electron chi connectivity index (χ2n) is 4.05. The van der Waals surface area contributed by atoms with Crippen molar-refractivity contribution in [1.29, 1.82) is 0 Å². The average Bonchev–Trinajstić information content (AvgIpc) is 2.41. The lowest BCUT2D eigenvalue weighted by atomic mass is 10.1. The highest BCUT2D eigenvalue weighted by Crippen LogP contribution is 2.19. The second kappa shape index (κ2) is 5.71. The molecule has 0 aromatic heterocycles. The Labute approximate surface area is 115 Å². The molecule has 3 N–H and O–H groups in total. The third kappa shape index (κ3) is 3.45. The van der Waals surface area contributed by atoms with Gasteiger partial charge in [0.1, 0.15) is 5.82 Å². The zero-order valence-corrected chi connectivity index (χ0v) is 10.7. The van der Waals surface area contributed by atoms with Crippen molar-refractivity contribution in [3.05, 3.63) is 64.4 Å². The molecule has 98 valence electrons. The van der Waals surface area contributed by atoms with Crippen molar-refractivity contribution in [3.63, 3.8) is 0 Å². The summed E-state index contributed by atoms with van der Waals surface area (Å²) in [5.74, 6) is -0.562. The fourth-order valence-electron chi connectivity index (χ4n) is 1.57. The highest BCUT2D eigenvalue weighted by atomic mass is 35.5. The standard InChI is InChI=1S/C14H12ClFN2O/c15-12-6-3-10(7-13(12)17)14(19)18-8-9-1-4-11(16)5-2-9/h1-7H,8,17H2,(H,18,19). The minimum atomic E-state index is -0.305. The van der Waals surface area contributed by atoms with Gasteiger partial charge in [-0.1, -0.05) is 23.7 Å². The SMILES string of the molecule is Nc1cc(C(=O)NCc2ccc(F)cc2)ccc1Cl. The monoisotopic (exact) mass is 278 g/mol. The molecule has 0 fully saturated rings. The number of hydrogen-bond donors (Lipinski definition) is 2. The van der Waals surface area contributed by atoms with E-state index in [2.05, 4.69) is 5.32 Å². The third-order valence-electron chi connectivity index (χ3n) is 2.62. The summed E-state index contributed by atoms with van der Waals surface area (Å²) in [5, 5.41) is 3.13. The number of anilines is 1. The molecule has 0 bridgehead atoms. The van der Waals surface area contributed by atoms with Gasteiger partial charge in [-0.3, -0.25) is 4.79 Å². The highest BCUT2D eigenvalue weighted by molar-refractivity contribution is 6.33. The first kappa shape index (κ1) is 13.4. The number of rotatable bonds is 3. The Bertz CT molecular complexity index is 599. The van der Waals surface area contributed by atoms with Crippen molar-refractivity contribution in [2.45, 2.75) is 6.54 Å². The maximum Gasteiger partial charge on any atom is 0.251 e. The van der Waals surface area contributed by atoms with Crippen LogP contribution in [-0.4, -0.2) is 5.91 Å². The second-order valence-corrected chi connectivity index (χ2v) is 4.45. The van der Waals surface area contributed by atoms with Crippen LogP contribution >= 0.6 is 11.6 Å². The van der Waals surface area contributed by atoms with Gasteiger partial charge in [0.05, 0.1) is 10.7 Å². The molecule has 0 aliphatic carbocycles. The van der Waals surface area contributed by atoms with Crippen molar-refractivity contribution >= 4 is 23.2 Å².